The van der Waals surface area contributed by atoms with E-state index in [2.05, 4.69) is 4.98 Å². The second-order valence-electron chi connectivity index (χ2n) is 6.75. The van der Waals surface area contributed by atoms with E-state index in [0.29, 0.717) is 39.1 Å². The van der Waals surface area contributed by atoms with Gasteiger partial charge in [0.25, 0.3) is 0 Å². The summed E-state index contributed by atoms with van der Waals surface area (Å²) in [5.41, 5.74) is 0.973. The van der Waals surface area contributed by atoms with Crippen molar-refractivity contribution in [2.45, 2.75) is 37.5 Å². The lowest BCUT2D eigenvalue weighted by Crippen LogP contribution is -2.68. The molecule has 2 aliphatic heterocycles. The molecule has 1 atom stereocenters. The number of nitrogens with zero attached hydrogens (tertiary/aromatic N) is 2. The van der Waals surface area contributed by atoms with Crippen LogP contribution in [0.2, 0.25) is 0 Å². The lowest BCUT2D eigenvalue weighted by molar-refractivity contribution is -0.138. The number of ether oxygens (including phenoxy) is 1. The molecule has 1 aromatic heterocycles. The summed E-state index contributed by atoms with van der Waals surface area (Å²) in [4.78, 5) is 17.7. The number of likely N-dealkylation sites (tertiary alicyclic amines) is 1. The van der Waals surface area contributed by atoms with Crippen LogP contribution in [0.25, 0.3) is 0 Å². The Labute approximate surface area is 143 Å². The quantitative estimate of drug-likeness (QED) is 0.774. The van der Waals surface area contributed by atoms with Gasteiger partial charge in [0.05, 0.1) is 19.0 Å². The van der Waals surface area contributed by atoms with Crippen molar-refractivity contribution in [3.63, 3.8) is 0 Å². The Kier molecular flexibility index (Phi) is 4.92. The van der Waals surface area contributed by atoms with E-state index in [1.54, 1.807) is 17.3 Å². The van der Waals surface area contributed by atoms with Crippen LogP contribution in [0.1, 0.15) is 31.7 Å². The number of sulfone groups is 1. The number of carbonyl (C=O) groups excluding carboxylic acids is 1. The van der Waals surface area contributed by atoms with Gasteiger partial charge in [0, 0.05) is 37.8 Å². The van der Waals surface area contributed by atoms with Gasteiger partial charge >= 0.3 is 0 Å². The van der Waals surface area contributed by atoms with Crippen molar-refractivity contribution in [2.24, 2.45) is 5.92 Å². The summed E-state index contributed by atoms with van der Waals surface area (Å²) in [5, 5.41) is 0. The van der Waals surface area contributed by atoms with Crippen LogP contribution in [0.4, 0.5) is 0 Å². The fourth-order valence-corrected chi connectivity index (χ4v) is 6.06. The zero-order valence-electron chi connectivity index (χ0n) is 14.0. The molecule has 1 aromatic rings. The van der Waals surface area contributed by atoms with E-state index in [9.17, 15) is 13.2 Å². The minimum Gasteiger partial charge on any atom is -0.376 e. The van der Waals surface area contributed by atoms with Crippen molar-refractivity contribution in [3.05, 3.63) is 30.1 Å². The first-order valence-corrected chi connectivity index (χ1v) is 10.1. The average Bonchev–Trinajstić information content (AvgIpc) is 2.78. The first-order valence-electron chi connectivity index (χ1n) is 8.45. The molecule has 6 nitrogen and oxygen atoms in total. The molecule has 3 rings (SSSR count). The van der Waals surface area contributed by atoms with E-state index in [4.69, 9.17) is 4.74 Å². The molecule has 2 saturated heterocycles. The highest BCUT2D eigenvalue weighted by Crippen LogP contribution is 2.45. The van der Waals surface area contributed by atoms with Gasteiger partial charge in [0.15, 0.2) is 9.84 Å². The highest BCUT2D eigenvalue weighted by molar-refractivity contribution is 7.93. The van der Waals surface area contributed by atoms with E-state index < -0.39 is 14.6 Å². The summed E-state index contributed by atoms with van der Waals surface area (Å²) in [6, 6.07) is 3.78. The van der Waals surface area contributed by atoms with Crippen LogP contribution in [0.5, 0.6) is 0 Å². The normalized spacial score (nSPS) is 24.0. The predicted octanol–water partition coefficient (Wildman–Crippen LogP) is 1.41. The fraction of sp³-hybridized carbons (Fsp3) is 0.647. The minimum atomic E-state index is -3.16. The minimum absolute atomic E-state index is 0.0372. The van der Waals surface area contributed by atoms with Gasteiger partial charge < -0.3 is 9.64 Å². The Morgan fingerprint density at radius 2 is 2.25 bits per heavy atom. The maximum atomic E-state index is 12.5. The molecule has 24 heavy (non-hydrogen) atoms. The highest BCUT2D eigenvalue weighted by atomic mass is 32.2. The van der Waals surface area contributed by atoms with E-state index in [-0.39, 0.29) is 17.6 Å². The molecule has 3 heterocycles. The van der Waals surface area contributed by atoms with Crippen LogP contribution in [-0.2, 0) is 26.0 Å². The first kappa shape index (κ1) is 17.4. The summed E-state index contributed by atoms with van der Waals surface area (Å²) in [5.74, 6) is 0.217. The van der Waals surface area contributed by atoms with Gasteiger partial charge in [0.2, 0.25) is 5.91 Å². The van der Waals surface area contributed by atoms with Crippen molar-refractivity contribution in [1.29, 1.82) is 0 Å². The van der Waals surface area contributed by atoms with Gasteiger partial charge in [0.1, 0.15) is 4.75 Å². The summed E-state index contributed by atoms with van der Waals surface area (Å²) >= 11 is 0. The van der Waals surface area contributed by atoms with Crippen LogP contribution in [0.3, 0.4) is 0 Å². The molecule has 2 aliphatic rings. The molecule has 2 fully saturated rings. The number of hydrogen-bond donors (Lipinski definition) is 0. The molecule has 0 radical (unpaired) electrons. The van der Waals surface area contributed by atoms with Gasteiger partial charge in [-0.1, -0.05) is 13.0 Å². The Morgan fingerprint density at radius 3 is 2.92 bits per heavy atom. The molecular formula is C17H24N2O4S. The Bertz CT molecular complexity index is 684. The summed E-state index contributed by atoms with van der Waals surface area (Å²) in [7, 11) is -3.16. The second kappa shape index (κ2) is 6.80. The fourth-order valence-electron chi connectivity index (χ4n) is 3.66. The average molecular weight is 352 g/mol. The second-order valence-corrected chi connectivity index (χ2v) is 9.20. The Hall–Kier alpha value is -1.47. The zero-order chi connectivity index (χ0) is 17.2. The lowest BCUT2D eigenvalue weighted by Gasteiger charge is -2.50. The molecule has 0 bridgehead atoms. The third-order valence-electron chi connectivity index (χ3n) is 5.14. The number of amides is 1. The van der Waals surface area contributed by atoms with Crippen molar-refractivity contribution >= 4 is 15.7 Å². The third kappa shape index (κ3) is 3.07. The lowest BCUT2D eigenvalue weighted by atomic mass is 9.83. The van der Waals surface area contributed by atoms with E-state index in [0.717, 1.165) is 12.0 Å². The maximum Gasteiger partial charge on any atom is 0.222 e. The molecule has 7 heteroatoms. The van der Waals surface area contributed by atoms with Gasteiger partial charge in [-0.25, -0.2) is 8.42 Å². The Balaban J connectivity index is 1.60. The summed E-state index contributed by atoms with van der Waals surface area (Å²) in [6.45, 7) is 3.45. The molecule has 0 aromatic carbocycles. The third-order valence-corrected chi connectivity index (χ3v) is 7.75. The van der Waals surface area contributed by atoms with Gasteiger partial charge in [-0.05, 0) is 24.5 Å². The molecule has 0 N–H and O–H groups in total. The van der Waals surface area contributed by atoms with E-state index >= 15 is 0 Å². The Morgan fingerprint density at radius 1 is 1.46 bits per heavy atom. The predicted molar refractivity (Wildman–Crippen MR) is 90.0 cm³/mol. The number of hydrogen-bond acceptors (Lipinski definition) is 5. The van der Waals surface area contributed by atoms with Crippen molar-refractivity contribution in [1.82, 2.24) is 9.88 Å². The number of pyridine rings is 1. The SMILES string of the molecule is CCCC(=O)N1CC2(C1)[C@H](COCc1cccnc1)CCS2(=O)=O. The molecule has 1 spiro atoms. The monoisotopic (exact) mass is 352 g/mol. The number of rotatable bonds is 6. The van der Waals surface area contributed by atoms with E-state index in [1.165, 1.54) is 0 Å². The van der Waals surface area contributed by atoms with E-state index in [1.807, 2.05) is 19.1 Å². The van der Waals surface area contributed by atoms with Crippen LogP contribution in [0.15, 0.2) is 24.5 Å². The molecular weight excluding hydrogens is 328 g/mol. The van der Waals surface area contributed by atoms with Crippen LogP contribution < -0.4 is 0 Å². The first-order chi connectivity index (χ1) is 11.5. The van der Waals surface area contributed by atoms with Gasteiger partial charge in [-0.3, -0.25) is 9.78 Å². The summed E-state index contributed by atoms with van der Waals surface area (Å²) < 4.78 is 30.0. The molecule has 132 valence electrons. The molecule has 1 amide bonds. The maximum absolute atomic E-state index is 12.5. The highest BCUT2D eigenvalue weighted by Gasteiger charge is 2.62. The van der Waals surface area contributed by atoms with Gasteiger partial charge in [-0.15, -0.1) is 0 Å². The molecule has 0 unspecified atom stereocenters. The topological polar surface area (TPSA) is 76.6 Å². The van der Waals surface area contributed by atoms with Crippen LogP contribution in [-0.4, -0.2) is 54.4 Å². The molecule has 0 saturated carbocycles. The van der Waals surface area contributed by atoms with Crippen molar-refractivity contribution in [3.8, 4) is 0 Å². The van der Waals surface area contributed by atoms with Crippen molar-refractivity contribution < 1.29 is 17.9 Å². The number of aromatic nitrogens is 1. The largest absolute Gasteiger partial charge is 0.376 e. The van der Waals surface area contributed by atoms with Crippen LogP contribution in [0, 0.1) is 5.92 Å². The van der Waals surface area contributed by atoms with Crippen LogP contribution >= 0.6 is 0 Å². The zero-order valence-corrected chi connectivity index (χ0v) is 14.8. The smallest absolute Gasteiger partial charge is 0.222 e. The molecule has 0 aliphatic carbocycles. The summed E-state index contributed by atoms with van der Waals surface area (Å²) in [6.07, 6.45) is 5.34. The number of carbonyl (C=O) groups is 1. The van der Waals surface area contributed by atoms with Gasteiger partial charge in [-0.2, -0.15) is 0 Å². The standard InChI is InChI=1S/C17H24N2O4S/c1-2-4-16(20)19-12-17(13-19)15(6-8-24(17,21)22)11-23-10-14-5-3-7-18-9-14/h3,5,7,9,15H,2,4,6,8,10-13H2,1H3/t15-/m0/s1. The van der Waals surface area contributed by atoms with Crippen molar-refractivity contribution in [2.75, 3.05) is 25.4 Å².